The predicted octanol–water partition coefficient (Wildman–Crippen LogP) is 2.71. The van der Waals surface area contributed by atoms with Crippen LogP contribution in [-0.2, 0) is 5.41 Å². The molecule has 0 atom stereocenters. The van der Waals surface area contributed by atoms with E-state index in [2.05, 4.69) is 44.0 Å². The van der Waals surface area contributed by atoms with Gasteiger partial charge in [-0.25, -0.2) is 0 Å². The van der Waals surface area contributed by atoms with Gasteiger partial charge in [0.05, 0.1) is 0 Å². The zero-order valence-electron chi connectivity index (χ0n) is 8.46. The van der Waals surface area contributed by atoms with E-state index >= 15 is 0 Å². The highest BCUT2D eigenvalue weighted by atomic mass is 14.7. The van der Waals surface area contributed by atoms with Crippen LogP contribution in [0.1, 0.15) is 30.5 Å². The summed E-state index contributed by atoms with van der Waals surface area (Å²) in [6, 6.07) is 6.42. The van der Waals surface area contributed by atoms with Crippen molar-refractivity contribution in [3.63, 3.8) is 0 Å². The summed E-state index contributed by atoms with van der Waals surface area (Å²) in [6.45, 7) is 7.61. The van der Waals surface area contributed by atoms with Crippen molar-refractivity contribution in [1.29, 1.82) is 0 Å². The summed E-state index contributed by atoms with van der Waals surface area (Å²) in [5, 5.41) is 0. The molecule has 0 amide bonds. The molecule has 0 bridgehead atoms. The van der Waals surface area contributed by atoms with Gasteiger partial charge in [0.1, 0.15) is 0 Å². The van der Waals surface area contributed by atoms with E-state index in [9.17, 15) is 0 Å². The van der Waals surface area contributed by atoms with E-state index in [0.717, 1.165) is 6.54 Å². The smallest absolute Gasteiger partial charge is 0.0481 e. The quantitative estimate of drug-likeness (QED) is 0.572. The number of aliphatic imine (C=N–C) groups is 1. The third kappa shape index (κ3) is 1.28. The third-order valence-corrected chi connectivity index (χ3v) is 2.70. The summed E-state index contributed by atoms with van der Waals surface area (Å²) in [7, 11) is 0. The maximum absolute atomic E-state index is 4.39. The van der Waals surface area contributed by atoms with Gasteiger partial charge in [0, 0.05) is 18.2 Å². The Balaban J connectivity index is 2.69. The molecule has 0 unspecified atom stereocenters. The summed E-state index contributed by atoms with van der Waals surface area (Å²) < 4.78 is 0. The van der Waals surface area contributed by atoms with E-state index in [4.69, 9.17) is 0 Å². The zero-order valence-corrected chi connectivity index (χ0v) is 8.46. The Morgan fingerprint density at radius 2 is 2.08 bits per heavy atom. The van der Waals surface area contributed by atoms with Crippen LogP contribution in [0, 0.1) is 6.92 Å². The van der Waals surface area contributed by atoms with Crippen LogP contribution in [0.2, 0.25) is 0 Å². The predicted molar refractivity (Wildman–Crippen MR) is 56.7 cm³/mol. The summed E-state index contributed by atoms with van der Waals surface area (Å²) in [6.07, 6.45) is 1.99. The van der Waals surface area contributed by atoms with Crippen LogP contribution in [-0.4, -0.2) is 12.8 Å². The van der Waals surface area contributed by atoms with Crippen LogP contribution < -0.4 is 0 Å². The molecule has 1 aromatic carbocycles. The standard InChI is InChI=1S/C12H15N/c1-9-5-4-6-10-7-13-8-12(2,3)11(9)10/h4-7H,8H2,1-3H3. The van der Waals surface area contributed by atoms with E-state index in [1.807, 2.05) is 6.21 Å². The molecule has 1 heteroatoms. The van der Waals surface area contributed by atoms with Crippen LogP contribution in [0.3, 0.4) is 0 Å². The lowest BCUT2D eigenvalue weighted by molar-refractivity contribution is 0.531. The highest BCUT2D eigenvalue weighted by Crippen LogP contribution is 2.31. The molecule has 1 aliphatic heterocycles. The van der Waals surface area contributed by atoms with E-state index in [0.29, 0.717) is 0 Å². The molecule has 0 spiro atoms. The largest absolute Gasteiger partial charge is 0.292 e. The molecule has 1 heterocycles. The van der Waals surface area contributed by atoms with Gasteiger partial charge in [0.25, 0.3) is 0 Å². The van der Waals surface area contributed by atoms with Crippen LogP contribution in [0.5, 0.6) is 0 Å². The fourth-order valence-electron chi connectivity index (χ4n) is 2.17. The first-order chi connectivity index (χ1) is 6.11. The lowest BCUT2D eigenvalue weighted by Gasteiger charge is -2.30. The van der Waals surface area contributed by atoms with Crippen molar-refractivity contribution >= 4 is 6.21 Å². The van der Waals surface area contributed by atoms with Gasteiger partial charge >= 0.3 is 0 Å². The first-order valence-corrected chi connectivity index (χ1v) is 4.71. The fourth-order valence-corrected chi connectivity index (χ4v) is 2.17. The minimum Gasteiger partial charge on any atom is -0.292 e. The average Bonchev–Trinajstić information content (AvgIpc) is 2.02. The normalized spacial score (nSPS) is 18.4. The Labute approximate surface area is 79.5 Å². The number of benzene rings is 1. The first-order valence-electron chi connectivity index (χ1n) is 4.71. The minimum absolute atomic E-state index is 0.204. The molecule has 13 heavy (non-hydrogen) atoms. The average molecular weight is 173 g/mol. The summed E-state index contributed by atoms with van der Waals surface area (Å²) in [4.78, 5) is 4.39. The number of hydrogen-bond donors (Lipinski definition) is 0. The summed E-state index contributed by atoms with van der Waals surface area (Å²) in [5.41, 5.74) is 4.34. The lowest BCUT2D eigenvalue weighted by atomic mass is 9.78. The van der Waals surface area contributed by atoms with Gasteiger partial charge in [-0.2, -0.15) is 0 Å². The topological polar surface area (TPSA) is 12.4 Å². The molecular formula is C12H15N. The van der Waals surface area contributed by atoms with Crippen LogP contribution in [0.4, 0.5) is 0 Å². The van der Waals surface area contributed by atoms with Crippen LogP contribution >= 0.6 is 0 Å². The third-order valence-electron chi connectivity index (χ3n) is 2.70. The molecule has 68 valence electrons. The minimum atomic E-state index is 0.204. The van der Waals surface area contributed by atoms with Gasteiger partial charge in [0.15, 0.2) is 0 Å². The molecule has 0 N–H and O–H groups in total. The molecule has 1 aromatic rings. The van der Waals surface area contributed by atoms with Crippen LogP contribution in [0.25, 0.3) is 0 Å². The van der Waals surface area contributed by atoms with E-state index < -0.39 is 0 Å². The number of fused-ring (bicyclic) bond motifs is 1. The van der Waals surface area contributed by atoms with Crippen molar-refractivity contribution in [2.24, 2.45) is 4.99 Å². The molecular weight excluding hydrogens is 158 g/mol. The number of aryl methyl sites for hydroxylation is 1. The zero-order chi connectivity index (χ0) is 9.47. The number of rotatable bonds is 0. The van der Waals surface area contributed by atoms with Gasteiger partial charge in [-0.05, 0) is 23.6 Å². The van der Waals surface area contributed by atoms with Gasteiger partial charge in [-0.1, -0.05) is 32.0 Å². The van der Waals surface area contributed by atoms with Crippen molar-refractivity contribution in [3.05, 3.63) is 34.9 Å². The summed E-state index contributed by atoms with van der Waals surface area (Å²) in [5.74, 6) is 0. The van der Waals surface area contributed by atoms with E-state index in [1.54, 1.807) is 0 Å². The maximum Gasteiger partial charge on any atom is 0.0481 e. The Kier molecular flexibility index (Phi) is 1.76. The second-order valence-electron chi connectivity index (χ2n) is 4.39. The van der Waals surface area contributed by atoms with Crippen LogP contribution in [0.15, 0.2) is 23.2 Å². The Bertz CT molecular complexity index is 361. The highest BCUT2D eigenvalue weighted by molar-refractivity contribution is 5.84. The van der Waals surface area contributed by atoms with Crippen molar-refractivity contribution in [3.8, 4) is 0 Å². The molecule has 0 fully saturated rings. The molecule has 0 radical (unpaired) electrons. The van der Waals surface area contributed by atoms with Gasteiger partial charge in [-0.3, -0.25) is 4.99 Å². The Morgan fingerprint density at radius 1 is 1.31 bits per heavy atom. The molecule has 1 nitrogen and oxygen atoms in total. The second-order valence-corrected chi connectivity index (χ2v) is 4.39. The number of nitrogens with zero attached hydrogens (tertiary/aromatic N) is 1. The van der Waals surface area contributed by atoms with Crippen molar-refractivity contribution in [2.45, 2.75) is 26.2 Å². The Hall–Kier alpha value is -1.11. The molecule has 1 aliphatic rings. The monoisotopic (exact) mass is 173 g/mol. The molecule has 0 aliphatic carbocycles. The summed E-state index contributed by atoms with van der Waals surface area (Å²) >= 11 is 0. The number of hydrogen-bond acceptors (Lipinski definition) is 1. The van der Waals surface area contributed by atoms with Gasteiger partial charge in [0.2, 0.25) is 0 Å². The lowest BCUT2D eigenvalue weighted by Crippen LogP contribution is -2.27. The van der Waals surface area contributed by atoms with E-state index in [-0.39, 0.29) is 5.41 Å². The molecule has 2 rings (SSSR count). The van der Waals surface area contributed by atoms with Gasteiger partial charge in [-0.15, -0.1) is 0 Å². The molecule has 0 saturated carbocycles. The molecule has 0 saturated heterocycles. The van der Waals surface area contributed by atoms with Crippen molar-refractivity contribution in [2.75, 3.05) is 6.54 Å². The maximum atomic E-state index is 4.39. The van der Waals surface area contributed by atoms with Crippen molar-refractivity contribution in [1.82, 2.24) is 0 Å². The Morgan fingerprint density at radius 3 is 2.77 bits per heavy atom. The highest BCUT2D eigenvalue weighted by Gasteiger charge is 2.26. The fraction of sp³-hybridized carbons (Fsp3) is 0.417. The first kappa shape index (κ1) is 8.49. The van der Waals surface area contributed by atoms with E-state index in [1.165, 1.54) is 16.7 Å². The molecule has 0 aromatic heterocycles. The second kappa shape index (κ2) is 2.69. The SMILES string of the molecule is Cc1cccc2c1C(C)(C)CN=C2. The van der Waals surface area contributed by atoms with Gasteiger partial charge < -0.3 is 0 Å². The van der Waals surface area contributed by atoms with Crippen molar-refractivity contribution < 1.29 is 0 Å².